The molecule has 0 bridgehead atoms. The average molecular weight is 232 g/mol. The van der Waals surface area contributed by atoms with Crippen molar-refractivity contribution >= 4 is 11.6 Å². The molecule has 2 aliphatic rings. The second kappa shape index (κ2) is 4.47. The summed E-state index contributed by atoms with van der Waals surface area (Å²) in [7, 11) is 0. The van der Waals surface area contributed by atoms with Crippen molar-refractivity contribution < 1.29 is 9.53 Å². The van der Waals surface area contributed by atoms with E-state index in [1.807, 2.05) is 6.07 Å². The number of morpholine rings is 1. The van der Waals surface area contributed by atoms with E-state index < -0.39 is 0 Å². The first-order chi connectivity index (χ1) is 8.33. The molecule has 0 aromatic heterocycles. The Labute approximate surface area is 100 Å². The highest BCUT2D eigenvalue weighted by Gasteiger charge is 2.19. The van der Waals surface area contributed by atoms with Gasteiger partial charge in [0.25, 0.3) is 0 Å². The largest absolute Gasteiger partial charge is 0.378 e. The molecule has 4 heteroatoms. The van der Waals surface area contributed by atoms with Crippen molar-refractivity contribution in [1.82, 2.24) is 5.32 Å². The highest BCUT2D eigenvalue weighted by atomic mass is 16.5. The van der Waals surface area contributed by atoms with Gasteiger partial charge in [0.05, 0.1) is 19.3 Å². The van der Waals surface area contributed by atoms with Crippen LogP contribution in [0.25, 0.3) is 0 Å². The highest BCUT2D eigenvalue weighted by molar-refractivity contribution is 5.93. The first-order valence-electron chi connectivity index (χ1n) is 6.07. The Bertz CT molecular complexity index is 439. The van der Waals surface area contributed by atoms with Crippen molar-refractivity contribution in [2.24, 2.45) is 0 Å². The second-order valence-corrected chi connectivity index (χ2v) is 4.55. The molecule has 1 aromatic carbocycles. The molecule has 4 nitrogen and oxygen atoms in total. The standard InChI is InChI=1S/C13H16N2O2/c16-13-4-2-9-7-10(1-3-11(9)15-13)12-8-17-6-5-14-12/h1,3,7,12,14H,2,4-6,8H2,(H,15,16). The van der Waals surface area contributed by atoms with Gasteiger partial charge in [-0.05, 0) is 23.6 Å². The minimum absolute atomic E-state index is 0.115. The lowest BCUT2D eigenvalue weighted by atomic mass is 9.97. The van der Waals surface area contributed by atoms with Crippen LogP contribution in [0.15, 0.2) is 18.2 Å². The Balaban J connectivity index is 1.85. The molecule has 1 atom stereocenters. The summed E-state index contributed by atoms with van der Waals surface area (Å²) in [6.07, 6.45) is 1.42. The van der Waals surface area contributed by atoms with Gasteiger partial charge in [-0.15, -0.1) is 0 Å². The molecule has 0 spiro atoms. The molecule has 90 valence electrons. The molecule has 1 amide bonds. The van der Waals surface area contributed by atoms with Crippen LogP contribution in [0.5, 0.6) is 0 Å². The summed E-state index contributed by atoms with van der Waals surface area (Å²) in [4.78, 5) is 11.3. The molecule has 1 fully saturated rings. The van der Waals surface area contributed by atoms with Gasteiger partial charge in [-0.25, -0.2) is 0 Å². The number of fused-ring (bicyclic) bond motifs is 1. The van der Waals surface area contributed by atoms with Crippen molar-refractivity contribution in [2.75, 3.05) is 25.1 Å². The number of carbonyl (C=O) groups is 1. The first kappa shape index (κ1) is 10.7. The summed E-state index contributed by atoms with van der Waals surface area (Å²) >= 11 is 0. The van der Waals surface area contributed by atoms with E-state index in [1.54, 1.807) is 0 Å². The molecule has 0 saturated carbocycles. The lowest BCUT2D eigenvalue weighted by molar-refractivity contribution is -0.116. The number of benzene rings is 1. The van der Waals surface area contributed by atoms with E-state index in [0.29, 0.717) is 6.42 Å². The zero-order valence-corrected chi connectivity index (χ0v) is 9.66. The van der Waals surface area contributed by atoms with Gasteiger partial charge in [0, 0.05) is 18.7 Å². The summed E-state index contributed by atoms with van der Waals surface area (Å²) in [5, 5.41) is 6.34. The van der Waals surface area contributed by atoms with Crippen molar-refractivity contribution in [3.63, 3.8) is 0 Å². The van der Waals surface area contributed by atoms with Crippen LogP contribution in [0, 0.1) is 0 Å². The van der Waals surface area contributed by atoms with Crippen molar-refractivity contribution in [3.05, 3.63) is 29.3 Å². The fourth-order valence-corrected chi connectivity index (χ4v) is 2.40. The van der Waals surface area contributed by atoms with E-state index in [4.69, 9.17) is 4.74 Å². The van der Waals surface area contributed by atoms with E-state index in [-0.39, 0.29) is 11.9 Å². The quantitative estimate of drug-likeness (QED) is 0.765. The predicted octanol–water partition coefficient (Wildman–Crippen LogP) is 1.23. The van der Waals surface area contributed by atoms with Gasteiger partial charge in [0.15, 0.2) is 0 Å². The Kier molecular flexibility index (Phi) is 2.82. The average Bonchev–Trinajstić information content (AvgIpc) is 2.39. The zero-order chi connectivity index (χ0) is 11.7. The number of aryl methyl sites for hydroxylation is 1. The monoisotopic (exact) mass is 232 g/mol. The molecular formula is C13H16N2O2. The fourth-order valence-electron chi connectivity index (χ4n) is 2.40. The molecule has 0 aliphatic carbocycles. The Hall–Kier alpha value is -1.39. The number of anilines is 1. The van der Waals surface area contributed by atoms with Gasteiger partial charge in [-0.3, -0.25) is 4.79 Å². The number of hydrogen-bond acceptors (Lipinski definition) is 3. The molecule has 2 aliphatic heterocycles. The van der Waals surface area contributed by atoms with Gasteiger partial charge in [-0.2, -0.15) is 0 Å². The number of carbonyl (C=O) groups excluding carboxylic acids is 1. The second-order valence-electron chi connectivity index (χ2n) is 4.55. The van der Waals surface area contributed by atoms with Crippen LogP contribution in [-0.4, -0.2) is 25.7 Å². The van der Waals surface area contributed by atoms with Crippen LogP contribution in [0.4, 0.5) is 5.69 Å². The van der Waals surface area contributed by atoms with Gasteiger partial charge in [0.1, 0.15) is 0 Å². The van der Waals surface area contributed by atoms with E-state index in [1.165, 1.54) is 11.1 Å². The Morgan fingerprint density at radius 1 is 1.29 bits per heavy atom. The molecule has 1 aromatic rings. The molecular weight excluding hydrogens is 216 g/mol. The Morgan fingerprint density at radius 2 is 2.24 bits per heavy atom. The molecule has 2 heterocycles. The maximum absolute atomic E-state index is 11.3. The van der Waals surface area contributed by atoms with Gasteiger partial charge >= 0.3 is 0 Å². The molecule has 1 unspecified atom stereocenters. The van der Waals surface area contributed by atoms with Crippen molar-refractivity contribution in [1.29, 1.82) is 0 Å². The molecule has 17 heavy (non-hydrogen) atoms. The maximum Gasteiger partial charge on any atom is 0.224 e. The van der Waals surface area contributed by atoms with E-state index in [9.17, 15) is 4.79 Å². The topological polar surface area (TPSA) is 50.4 Å². The van der Waals surface area contributed by atoms with Crippen molar-refractivity contribution in [3.8, 4) is 0 Å². The normalized spacial score (nSPS) is 24.0. The maximum atomic E-state index is 11.3. The molecule has 0 radical (unpaired) electrons. The van der Waals surface area contributed by atoms with Gasteiger partial charge in [-0.1, -0.05) is 12.1 Å². The van der Waals surface area contributed by atoms with Crippen LogP contribution >= 0.6 is 0 Å². The van der Waals surface area contributed by atoms with Gasteiger partial charge in [0.2, 0.25) is 5.91 Å². The fraction of sp³-hybridized carbons (Fsp3) is 0.462. The third kappa shape index (κ3) is 2.18. The van der Waals surface area contributed by atoms with Crippen LogP contribution in [-0.2, 0) is 16.0 Å². The highest BCUT2D eigenvalue weighted by Crippen LogP contribution is 2.26. The third-order valence-corrected chi connectivity index (χ3v) is 3.35. The predicted molar refractivity (Wildman–Crippen MR) is 65.0 cm³/mol. The Morgan fingerprint density at radius 3 is 3.06 bits per heavy atom. The van der Waals surface area contributed by atoms with Crippen LogP contribution < -0.4 is 10.6 Å². The number of rotatable bonds is 1. The number of nitrogens with one attached hydrogen (secondary N) is 2. The molecule has 3 rings (SSSR count). The minimum Gasteiger partial charge on any atom is -0.378 e. The van der Waals surface area contributed by atoms with E-state index in [2.05, 4.69) is 22.8 Å². The summed E-state index contributed by atoms with van der Waals surface area (Å²) in [5.74, 6) is 0.115. The zero-order valence-electron chi connectivity index (χ0n) is 9.66. The number of hydrogen-bond donors (Lipinski definition) is 2. The minimum atomic E-state index is 0.115. The summed E-state index contributed by atoms with van der Waals surface area (Å²) in [5.41, 5.74) is 3.44. The number of ether oxygens (including phenoxy) is 1. The van der Waals surface area contributed by atoms with Crippen LogP contribution in [0.2, 0.25) is 0 Å². The SMILES string of the molecule is O=C1CCc2cc(C3COCCN3)ccc2N1. The molecule has 2 N–H and O–H groups in total. The van der Waals surface area contributed by atoms with E-state index in [0.717, 1.165) is 31.9 Å². The summed E-state index contributed by atoms with van der Waals surface area (Å²) < 4.78 is 5.47. The lowest BCUT2D eigenvalue weighted by Gasteiger charge is -2.26. The van der Waals surface area contributed by atoms with Crippen LogP contribution in [0.1, 0.15) is 23.6 Å². The van der Waals surface area contributed by atoms with Gasteiger partial charge < -0.3 is 15.4 Å². The summed E-state index contributed by atoms with van der Waals surface area (Å²) in [6, 6.07) is 6.53. The van der Waals surface area contributed by atoms with E-state index >= 15 is 0 Å². The first-order valence-corrected chi connectivity index (χ1v) is 6.07. The lowest BCUT2D eigenvalue weighted by Crippen LogP contribution is -2.34. The smallest absolute Gasteiger partial charge is 0.224 e. The van der Waals surface area contributed by atoms with Crippen LogP contribution in [0.3, 0.4) is 0 Å². The third-order valence-electron chi connectivity index (χ3n) is 3.35. The summed E-state index contributed by atoms with van der Waals surface area (Å²) in [6.45, 7) is 2.42. The van der Waals surface area contributed by atoms with Crippen molar-refractivity contribution in [2.45, 2.75) is 18.9 Å². The molecule has 1 saturated heterocycles. The number of amides is 1.